The topological polar surface area (TPSA) is 9.23 Å². The molecule has 19 heavy (non-hydrogen) atoms. The highest BCUT2D eigenvalue weighted by Gasteiger charge is 1.94. The first-order valence-corrected chi connectivity index (χ1v) is 9.20. The quantitative estimate of drug-likeness (QED) is 0.228. The lowest BCUT2D eigenvalue weighted by Crippen LogP contribution is -1.85. The second-order valence-corrected chi connectivity index (χ2v) is 6.15. The number of unbranched alkanes of at least 4 members (excludes halogenated alkanes) is 14. The predicted molar refractivity (Wildman–Crippen MR) is 90.6 cm³/mol. The van der Waals surface area contributed by atoms with E-state index in [9.17, 15) is 0 Å². The highest BCUT2D eigenvalue weighted by atomic mass is 31.0. The van der Waals surface area contributed by atoms with Gasteiger partial charge >= 0.3 is 0 Å². The summed E-state index contributed by atoms with van der Waals surface area (Å²) in [5.74, 6) is 0. The Balaban J connectivity index is 2.88. The van der Waals surface area contributed by atoms with Crippen LogP contribution in [0.15, 0.2) is 0 Å². The van der Waals surface area contributed by atoms with E-state index >= 15 is 0 Å². The van der Waals surface area contributed by atoms with Gasteiger partial charge in [-0.25, -0.2) is 0 Å². The van der Waals surface area contributed by atoms with Crippen LogP contribution in [-0.4, -0.2) is 6.61 Å². The molecule has 0 bridgehead atoms. The molecule has 2 heteroatoms. The smallest absolute Gasteiger partial charge is 0.0501 e. The van der Waals surface area contributed by atoms with Crippen molar-refractivity contribution in [3.05, 3.63) is 0 Å². The van der Waals surface area contributed by atoms with Crippen LogP contribution in [0.1, 0.15) is 103 Å². The van der Waals surface area contributed by atoms with Crippen molar-refractivity contribution in [3.63, 3.8) is 0 Å². The summed E-state index contributed by atoms with van der Waals surface area (Å²) in [7, 11) is 2.33. The van der Waals surface area contributed by atoms with Gasteiger partial charge in [-0.15, -0.1) is 0 Å². The lowest BCUT2D eigenvalue weighted by Gasteiger charge is -2.03. The third kappa shape index (κ3) is 18.4. The third-order valence-electron chi connectivity index (χ3n) is 3.87. The van der Waals surface area contributed by atoms with Crippen LogP contribution < -0.4 is 0 Å². The Bertz CT molecular complexity index is 134. The lowest BCUT2D eigenvalue weighted by molar-refractivity contribution is 0.352. The number of hydrogen-bond acceptors (Lipinski definition) is 1. The van der Waals surface area contributed by atoms with Crippen molar-refractivity contribution in [2.45, 2.75) is 103 Å². The van der Waals surface area contributed by atoms with Crippen LogP contribution in [0, 0.1) is 0 Å². The lowest BCUT2D eigenvalue weighted by atomic mass is 10.0. The molecule has 1 unspecified atom stereocenters. The average Bonchev–Trinajstić information content (AvgIpc) is 2.43. The summed E-state index contributed by atoms with van der Waals surface area (Å²) in [5, 5.41) is 0. The van der Waals surface area contributed by atoms with Crippen LogP contribution in [0.25, 0.3) is 0 Å². The standard InChI is InChI=1S/C17H37OP/c1-2-3-4-5-6-7-8-9-10-11-12-13-14-15-16-17-18-19/h2-17,19H2,1H3. The van der Waals surface area contributed by atoms with Gasteiger partial charge in [0.1, 0.15) is 0 Å². The van der Waals surface area contributed by atoms with Gasteiger partial charge in [-0.05, 0) is 6.42 Å². The molecule has 0 saturated carbocycles. The molecule has 0 aliphatic carbocycles. The summed E-state index contributed by atoms with van der Waals surface area (Å²) in [5.41, 5.74) is 0. The summed E-state index contributed by atoms with van der Waals surface area (Å²) in [6.07, 6.45) is 21.3. The van der Waals surface area contributed by atoms with E-state index in [4.69, 9.17) is 4.52 Å². The van der Waals surface area contributed by atoms with Crippen molar-refractivity contribution in [3.8, 4) is 0 Å². The van der Waals surface area contributed by atoms with Gasteiger partial charge in [0.25, 0.3) is 0 Å². The van der Waals surface area contributed by atoms with E-state index in [1.54, 1.807) is 0 Å². The molecule has 1 atom stereocenters. The monoisotopic (exact) mass is 288 g/mol. The van der Waals surface area contributed by atoms with E-state index in [0.717, 1.165) is 6.61 Å². The highest BCUT2D eigenvalue weighted by Crippen LogP contribution is 2.13. The SMILES string of the molecule is CCCCCCCCCCCCCCCCCOP. The van der Waals surface area contributed by atoms with E-state index < -0.39 is 0 Å². The fourth-order valence-corrected chi connectivity index (χ4v) is 2.72. The fourth-order valence-electron chi connectivity index (χ4n) is 2.56. The van der Waals surface area contributed by atoms with Crippen molar-refractivity contribution in [2.24, 2.45) is 0 Å². The molecule has 0 fully saturated rings. The Morgan fingerprint density at radius 1 is 0.526 bits per heavy atom. The molecule has 0 aromatic rings. The normalized spacial score (nSPS) is 11.1. The van der Waals surface area contributed by atoms with Gasteiger partial charge in [-0.2, -0.15) is 0 Å². The Kier molecular flexibility index (Phi) is 18.8. The Hall–Kier alpha value is 0.390. The molecule has 116 valence electrons. The number of hydrogen-bond donors (Lipinski definition) is 0. The Morgan fingerprint density at radius 2 is 0.842 bits per heavy atom. The average molecular weight is 288 g/mol. The summed E-state index contributed by atoms with van der Waals surface area (Å²) in [4.78, 5) is 0. The molecule has 0 amide bonds. The molecule has 0 N–H and O–H groups in total. The maximum absolute atomic E-state index is 4.97. The van der Waals surface area contributed by atoms with Crippen LogP contribution in [0.3, 0.4) is 0 Å². The first-order chi connectivity index (χ1) is 9.41. The Morgan fingerprint density at radius 3 is 1.16 bits per heavy atom. The van der Waals surface area contributed by atoms with Gasteiger partial charge in [0.15, 0.2) is 0 Å². The molecule has 0 aromatic carbocycles. The van der Waals surface area contributed by atoms with Crippen molar-refractivity contribution in [1.82, 2.24) is 0 Å². The summed E-state index contributed by atoms with van der Waals surface area (Å²) < 4.78 is 4.97. The molecule has 1 nitrogen and oxygen atoms in total. The van der Waals surface area contributed by atoms with Gasteiger partial charge in [-0.3, -0.25) is 0 Å². The zero-order chi connectivity index (χ0) is 14.0. The van der Waals surface area contributed by atoms with Gasteiger partial charge in [-0.1, -0.05) is 96.8 Å². The van der Waals surface area contributed by atoms with Crippen LogP contribution in [0.4, 0.5) is 0 Å². The molecule has 0 aromatic heterocycles. The zero-order valence-corrected chi connectivity index (χ0v) is 14.5. The summed E-state index contributed by atoms with van der Waals surface area (Å²) in [6.45, 7) is 3.19. The zero-order valence-electron chi connectivity index (χ0n) is 13.3. The minimum atomic E-state index is 0.906. The van der Waals surface area contributed by atoms with Gasteiger partial charge in [0, 0.05) is 9.47 Å². The van der Waals surface area contributed by atoms with E-state index in [2.05, 4.69) is 16.4 Å². The second kappa shape index (κ2) is 18.4. The van der Waals surface area contributed by atoms with Gasteiger partial charge in [0.2, 0.25) is 0 Å². The first kappa shape index (κ1) is 19.4. The maximum atomic E-state index is 4.97. The van der Waals surface area contributed by atoms with E-state index in [0.29, 0.717) is 0 Å². The van der Waals surface area contributed by atoms with Crippen LogP contribution in [0.5, 0.6) is 0 Å². The Labute approximate surface area is 124 Å². The van der Waals surface area contributed by atoms with Crippen molar-refractivity contribution < 1.29 is 4.52 Å². The highest BCUT2D eigenvalue weighted by molar-refractivity contribution is 7.09. The molecule has 0 rings (SSSR count). The fraction of sp³-hybridized carbons (Fsp3) is 1.00. The van der Waals surface area contributed by atoms with E-state index in [1.165, 1.54) is 96.3 Å². The van der Waals surface area contributed by atoms with Crippen molar-refractivity contribution in [1.29, 1.82) is 0 Å². The molecule has 0 heterocycles. The minimum absolute atomic E-state index is 0.906. The summed E-state index contributed by atoms with van der Waals surface area (Å²) >= 11 is 0. The largest absolute Gasteiger partial charge is 0.366 e. The maximum Gasteiger partial charge on any atom is 0.0501 e. The van der Waals surface area contributed by atoms with Crippen molar-refractivity contribution in [2.75, 3.05) is 6.61 Å². The van der Waals surface area contributed by atoms with Crippen LogP contribution >= 0.6 is 9.47 Å². The summed E-state index contributed by atoms with van der Waals surface area (Å²) in [6, 6.07) is 0. The molecule has 0 saturated heterocycles. The molecule has 0 radical (unpaired) electrons. The van der Waals surface area contributed by atoms with E-state index in [1.807, 2.05) is 0 Å². The van der Waals surface area contributed by atoms with Gasteiger partial charge in [0.05, 0.1) is 6.61 Å². The number of rotatable bonds is 16. The van der Waals surface area contributed by atoms with Crippen LogP contribution in [-0.2, 0) is 4.52 Å². The minimum Gasteiger partial charge on any atom is -0.366 e. The third-order valence-corrected chi connectivity index (χ3v) is 4.10. The van der Waals surface area contributed by atoms with E-state index in [-0.39, 0.29) is 0 Å². The first-order valence-electron chi connectivity index (χ1n) is 8.73. The second-order valence-electron chi connectivity index (χ2n) is 5.82. The molecule has 0 aliphatic heterocycles. The predicted octanol–water partition coefficient (Wildman–Crippen LogP) is 6.66. The molecular weight excluding hydrogens is 251 g/mol. The van der Waals surface area contributed by atoms with Crippen molar-refractivity contribution >= 4 is 9.47 Å². The van der Waals surface area contributed by atoms with Gasteiger partial charge < -0.3 is 4.52 Å². The molecular formula is C17H37OP. The molecule has 0 spiro atoms. The molecule has 0 aliphatic rings. The van der Waals surface area contributed by atoms with Crippen LogP contribution in [0.2, 0.25) is 0 Å².